The number of ether oxygens (including phenoxy) is 2. The molecule has 0 N–H and O–H groups in total. The van der Waals surface area contributed by atoms with Gasteiger partial charge in [0.2, 0.25) is 5.78 Å². The van der Waals surface area contributed by atoms with E-state index in [-0.39, 0.29) is 11.5 Å². The number of fused-ring (bicyclic) bond motifs is 1. The Kier molecular flexibility index (Phi) is 4.87. The predicted octanol–water partition coefficient (Wildman–Crippen LogP) is 5.03. The molecule has 0 radical (unpaired) electrons. The summed E-state index contributed by atoms with van der Waals surface area (Å²) < 4.78 is 10.9. The molecule has 1 amide bonds. The van der Waals surface area contributed by atoms with Gasteiger partial charge in [0, 0.05) is 20.2 Å². The van der Waals surface area contributed by atoms with Crippen LogP contribution in [0.2, 0.25) is 0 Å². The molecular weight excluding hydrogens is 366 g/mol. The van der Waals surface area contributed by atoms with Crippen LogP contribution in [0.25, 0.3) is 17.2 Å². The number of allylic oxidation sites excluding steroid dienone is 1. The summed E-state index contributed by atoms with van der Waals surface area (Å²) in [5.74, 6) is 0.746. The zero-order valence-electron chi connectivity index (χ0n) is 16.1. The van der Waals surface area contributed by atoms with Crippen molar-refractivity contribution >= 4 is 18.0 Å². The van der Waals surface area contributed by atoms with Gasteiger partial charge in [-0.05, 0) is 34.9 Å². The van der Waals surface area contributed by atoms with E-state index in [0.29, 0.717) is 17.1 Å². The number of Topliss-reactive ketones (excluding diaryl/α,β-unsaturated/α-hetero) is 1. The maximum Gasteiger partial charge on any atom is 0.414 e. The van der Waals surface area contributed by atoms with Crippen LogP contribution in [-0.4, -0.2) is 30.9 Å². The molecule has 0 saturated carbocycles. The lowest BCUT2D eigenvalue weighted by Crippen LogP contribution is -2.25. The Labute approximate surface area is 168 Å². The van der Waals surface area contributed by atoms with Crippen LogP contribution < -0.4 is 9.47 Å². The molecule has 144 valence electrons. The average molecular weight is 385 g/mol. The third-order valence-electron chi connectivity index (χ3n) is 4.53. The molecule has 1 heterocycles. The highest BCUT2D eigenvalue weighted by Gasteiger charge is 2.28. The van der Waals surface area contributed by atoms with Crippen molar-refractivity contribution in [3.8, 4) is 22.6 Å². The van der Waals surface area contributed by atoms with Crippen LogP contribution in [0, 0.1) is 0 Å². The average Bonchev–Trinajstić information content (AvgIpc) is 3.04. The quantitative estimate of drug-likeness (QED) is 0.594. The summed E-state index contributed by atoms with van der Waals surface area (Å²) in [6, 6.07) is 22.7. The number of nitrogens with zero attached hydrogens (tertiary/aromatic N) is 1. The molecule has 0 aliphatic carbocycles. The highest BCUT2D eigenvalue weighted by atomic mass is 16.6. The summed E-state index contributed by atoms with van der Waals surface area (Å²) in [4.78, 5) is 25.6. The predicted molar refractivity (Wildman–Crippen MR) is 111 cm³/mol. The standard InChI is InChI=1S/C24H19NO4/c1-25(2)24(27)28-19-12-13-20-21(15-19)29-22(23(20)26)14-16-8-10-18(11-9-16)17-6-4-3-5-7-17/h3-15H,1-2H3/b22-14-. The molecule has 0 fully saturated rings. The fourth-order valence-corrected chi connectivity index (χ4v) is 2.98. The first-order valence-electron chi connectivity index (χ1n) is 9.14. The zero-order chi connectivity index (χ0) is 20.4. The van der Waals surface area contributed by atoms with Crippen molar-refractivity contribution in [3.05, 3.63) is 89.7 Å². The Morgan fingerprint density at radius 3 is 2.31 bits per heavy atom. The van der Waals surface area contributed by atoms with Gasteiger partial charge < -0.3 is 14.4 Å². The van der Waals surface area contributed by atoms with Gasteiger partial charge in [-0.15, -0.1) is 0 Å². The topological polar surface area (TPSA) is 55.8 Å². The SMILES string of the molecule is CN(C)C(=O)Oc1ccc2c(c1)O/C(=C\c1ccc(-c3ccccc3)cc1)C2=O. The van der Waals surface area contributed by atoms with Gasteiger partial charge in [0.05, 0.1) is 5.56 Å². The Morgan fingerprint density at radius 2 is 1.62 bits per heavy atom. The van der Waals surface area contributed by atoms with Crippen LogP contribution >= 0.6 is 0 Å². The monoisotopic (exact) mass is 385 g/mol. The molecule has 5 heteroatoms. The van der Waals surface area contributed by atoms with E-state index in [1.165, 1.54) is 4.90 Å². The number of hydrogen-bond donors (Lipinski definition) is 0. The molecule has 0 aromatic heterocycles. The van der Waals surface area contributed by atoms with Crippen molar-refractivity contribution < 1.29 is 19.1 Å². The Bertz CT molecular complexity index is 1100. The van der Waals surface area contributed by atoms with Gasteiger partial charge in [-0.2, -0.15) is 0 Å². The second kappa shape index (κ2) is 7.64. The van der Waals surface area contributed by atoms with Gasteiger partial charge in [0.15, 0.2) is 5.76 Å². The van der Waals surface area contributed by atoms with Crippen molar-refractivity contribution in [2.45, 2.75) is 0 Å². The Morgan fingerprint density at radius 1 is 0.931 bits per heavy atom. The minimum Gasteiger partial charge on any atom is -0.452 e. The van der Waals surface area contributed by atoms with Crippen molar-refractivity contribution in [2.24, 2.45) is 0 Å². The van der Waals surface area contributed by atoms with Crippen molar-refractivity contribution in [2.75, 3.05) is 14.1 Å². The molecule has 1 aliphatic heterocycles. The highest BCUT2D eigenvalue weighted by Crippen LogP contribution is 2.35. The smallest absolute Gasteiger partial charge is 0.414 e. The van der Waals surface area contributed by atoms with E-state index in [9.17, 15) is 9.59 Å². The van der Waals surface area contributed by atoms with Gasteiger partial charge >= 0.3 is 6.09 Å². The number of carbonyl (C=O) groups excluding carboxylic acids is 2. The number of ketones is 1. The van der Waals surface area contributed by atoms with Crippen molar-refractivity contribution in [3.63, 3.8) is 0 Å². The normalized spacial score (nSPS) is 13.7. The molecule has 29 heavy (non-hydrogen) atoms. The van der Waals surface area contributed by atoms with Crippen LogP contribution in [-0.2, 0) is 0 Å². The third-order valence-corrected chi connectivity index (χ3v) is 4.53. The Balaban J connectivity index is 1.54. The third kappa shape index (κ3) is 3.89. The van der Waals surface area contributed by atoms with Crippen LogP contribution in [0.15, 0.2) is 78.6 Å². The fraction of sp³-hybridized carbons (Fsp3) is 0.0833. The first kappa shape index (κ1) is 18.5. The summed E-state index contributed by atoms with van der Waals surface area (Å²) in [6.45, 7) is 0. The van der Waals surface area contributed by atoms with Crippen LogP contribution in [0.5, 0.6) is 11.5 Å². The van der Waals surface area contributed by atoms with Gasteiger partial charge in [0.1, 0.15) is 11.5 Å². The number of benzene rings is 3. The van der Waals surface area contributed by atoms with E-state index < -0.39 is 6.09 Å². The lowest BCUT2D eigenvalue weighted by atomic mass is 10.0. The van der Waals surface area contributed by atoms with E-state index in [2.05, 4.69) is 12.1 Å². The minimum absolute atomic E-state index is 0.197. The molecule has 0 spiro atoms. The lowest BCUT2D eigenvalue weighted by molar-refractivity contribution is 0.101. The van der Waals surface area contributed by atoms with Gasteiger partial charge in [-0.1, -0.05) is 54.6 Å². The summed E-state index contributed by atoms with van der Waals surface area (Å²) >= 11 is 0. The number of carbonyl (C=O) groups is 2. The summed E-state index contributed by atoms with van der Waals surface area (Å²) in [5, 5.41) is 0. The molecular formula is C24H19NO4. The molecule has 0 bridgehead atoms. The number of hydrogen-bond acceptors (Lipinski definition) is 4. The minimum atomic E-state index is -0.497. The van der Waals surface area contributed by atoms with Gasteiger partial charge in [-0.25, -0.2) is 4.79 Å². The molecule has 3 aromatic carbocycles. The fourth-order valence-electron chi connectivity index (χ4n) is 2.98. The lowest BCUT2D eigenvalue weighted by Gasteiger charge is -2.10. The number of amides is 1. The summed E-state index contributed by atoms with van der Waals surface area (Å²) in [5.41, 5.74) is 3.54. The molecule has 4 rings (SSSR count). The Hall–Kier alpha value is -3.86. The van der Waals surface area contributed by atoms with Gasteiger partial charge in [-0.3, -0.25) is 4.79 Å². The second-order valence-corrected chi connectivity index (χ2v) is 6.85. The maximum absolute atomic E-state index is 12.6. The van der Waals surface area contributed by atoms with E-state index in [1.54, 1.807) is 38.4 Å². The molecule has 0 saturated heterocycles. The number of rotatable bonds is 3. The first-order valence-corrected chi connectivity index (χ1v) is 9.14. The van der Waals surface area contributed by atoms with Crippen molar-refractivity contribution in [1.29, 1.82) is 0 Å². The van der Waals surface area contributed by atoms with E-state index in [4.69, 9.17) is 9.47 Å². The second-order valence-electron chi connectivity index (χ2n) is 6.85. The largest absolute Gasteiger partial charge is 0.452 e. The molecule has 3 aromatic rings. The zero-order valence-corrected chi connectivity index (χ0v) is 16.1. The molecule has 0 unspecified atom stereocenters. The van der Waals surface area contributed by atoms with Crippen LogP contribution in [0.3, 0.4) is 0 Å². The van der Waals surface area contributed by atoms with Gasteiger partial charge in [0.25, 0.3) is 0 Å². The summed E-state index contributed by atoms with van der Waals surface area (Å²) in [6.07, 6.45) is 1.21. The van der Waals surface area contributed by atoms with E-state index in [0.717, 1.165) is 16.7 Å². The van der Waals surface area contributed by atoms with Crippen LogP contribution in [0.1, 0.15) is 15.9 Å². The molecule has 1 aliphatic rings. The maximum atomic E-state index is 12.6. The van der Waals surface area contributed by atoms with E-state index in [1.807, 2.05) is 42.5 Å². The van der Waals surface area contributed by atoms with Crippen molar-refractivity contribution in [1.82, 2.24) is 4.90 Å². The van der Waals surface area contributed by atoms with Crippen LogP contribution in [0.4, 0.5) is 4.79 Å². The molecule has 0 atom stereocenters. The molecule has 5 nitrogen and oxygen atoms in total. The first-order chi connectivity index (χ1) is 14.0. The van der Waals surface area contributed by atoms with E-state index >= 15 is 0 Å². The summed E-state index contributed by atoms with van der Waals surface area (Å²) in [7, 11) is 3.19. The highest BCUT2D eigenvalue weighted by molar-refractivity contribution is 6.14.